The van der Waals surface area contributed by atoms with Crippen molar-refractivity contribution in [3.8, 4) is 5.75 Å². The molecule has 3 amide bonds. The molecule has 1 N–H and O–H groups in total. The SMILES string of the molecule is O=C1CCC(N2Cc3cc(OC4CCCC4N4CCOCC4)ccc3C2=O)C(=O)N1. The molecule has 3 fully saturated rings. The van der Waals surface area contributed by atoms with Crippen molar-refractivity contribution in [3.63, 3.8) is 0 Å². The fourth-order valence-electron chi connectivity index (χ4n) is 5.17. The molecule has 3 heterocycles. The summed E-state index contributed by atoms with van der Waals surface area (Å²) >= 11 is 0. The highest BCUT2D eigenvalue weighted by molar-refractivity contribution is 6.05. The number of carbonyl (C=O) groups is 3. The van der Waals surface area contributed by atoms with Gasteiger partial charge in [-0.25, -0.2) is 0 Å². The third-order valence-corrected chi connectivity index (χ3v) is 6.71. The first-order chi connectivity index (χ1) is 14.6. The zero-order chi connectivity index (χ0) is 20.7. The van der Waals surface area contributed by atoms with Gasteiger partial charge in [0.15, 0.2) is 0 Å². The van der Waals surface area contributed by atoms with Gasteiger partial charge in [0, 0.05) is 37.7 Å². The van der Waals surface area contributed by atoms with E-state index in [1.54, 1.807) is 11.0 Å². The Kier molecular flexibility index (Phi) is 5.20. The second-order valence-electron chi connectivity index (χ2n) is 8.52. The molecule has 3 unspecified atom stereocenters. The van der Waals surface area contributed by atoms with Crippen LogP contribution in [0.2, 0.25) is 0 Å². The van der Waals surface area contributed by atoms with Crippen LogP contribution in [0.1, 0.15) is 48.0 Å². The van der Waals surface area contributed by atoms with Gasteiger partial charge in [-0.15, -0.1) is 0 Å². The summed E-state index contributed by atoms with van der Waals surface area (Å²) in [5, 5.41) is 2.34. The highest BCUT2D eigenvalue weighted by Crippen LogP contribution is 2.33. The van der Waals surface area contributed by atoms with Crippen molar-refractivity contribution in [3.05, 3.63) is 29.3 Å². The van der Waals surface area contributed by atoms with E-state index in [1.807, 2.05) is 12.1 Å². The number of piperidine rings is 1. The Morgan fingerprint density at radius 3 is 2.70 bits per heavy atom. The number of carbonyl (C=O) groups excluding carboxylic acids is 3. The van der Waals surface area contributed by atoms with Gasteiger partial charge in [0.25, 0.3) is 5.91 Å². The minimum atomic E-state index is -0.590. The van der Waals surface area contributed by atoms with E-state index in [2.05, 4.69) is 10.2 Å². The van der Waals surface area contributed by atoms with Crippen molar-refractivity contribution < 1.29 is 23.9 Å². The molecule has 1 aromatic rings. The maximum absolute atomic E-state index is 12.8. The highest BCUT2D eigenvalue weighted by atomic mass is 16.5. The molecule has 2 saturated heterocycles. The van der Waals surface area contributed by atoms with Crippen LogP contribution in [0.25, 0.3) is 0 Å². The topological polar surface area (TPSA) is 88.2 Å². The van der Waals surface area contributed by atoms with E-state index in [9.17, 15) is 14.4 Å². The van der Waals surface area contributed by atoms with Gasteiger partial charge in [-0.1, -0.05) is 0 Å². The van der Waals surface area contributed by atoms with Gasteiger partial charge in [-0.05, 0) is 49.4 Å². The molecular formula is C22H27N3O5. The molecule has 8 heteroatoms. The molecule has 0 radical (unpaired) electrons. The summed E-state index contributed by atoms with van der Waals surface area (Å²) in [4.78, 5) is 40.5. The molecule has 3 atom stereocenters. The van der Waals surface area contributed by atoms with Crippen LogP contribution < -0.4 is 10.1 Å². The molecule has 0 aromatic heterocycles. The number of amides is 3. The molecule has 160 valence electrons. The van der Waals surface area contributed by atoms with Crippen LogP contribution in [0.4, 0.5) is 0 Å². The molecule has 3 aliphatic heterocycles. The van der Waals surface area contributed by atoms with Crippen molar-refractivity contribution in [2.45, 2.75) is 56.8 Å². The van der Waals surface area contributed by atoms with Gasteiger partial charge in [-0.2, -0.15) is 0 Å². The zero-order valence-electron chi connectivity index (χ0n) is 17.0. The molecule has 4 aliphatic rings. The molecule has 0 spiro atoms. The van der Waals surface area contributed by atoms with Crippen molar-refractivity contribution in [2.75, 3.05) is 26.3 Å². The first-order valence-electron chi connectivity index (χ1n) is 10.9. The lowest BCUT2D eigenvalue weighted by Gasteiger charge is -2.35. The largest absolute Gasteiger partial charge is 0.489 e. The monoisotopic (exact) mass is 413 g/mol. The van der Waals surface area contributed by atoms with E-state index >= 15 is 0 Å². The van der Waals surface area contributed by atoms with E-state index in [0.29, 0.717) is 24.6 Å². The van der Waals surface area contributed by atoms with Gasteiger partial charge >= 0.3 is 0 Å². The van der Waals surface area contributed by atoms with Crippen molar-refractivity contribution in [1.29, 1.82) is 0 Å². The van der Waals surface area contributed by atoms with E-state index in [-0.39, 0.29) is 30.2 Å². The summed E-state index contributed by atoms with van der Waals surface area (Å²) in [7, 11) is 0. The normalized spacial score (nSPS) is 29.8. The number of hydrogen-bond acceptors (Lipinski definition) is 6. The van der Waals surface area contributed by atoms with Gasteiger partial charge in [0.05, 0.1) is 13.2 Å². The molecule has 8 nitrogen and oxygen atoms in total. The number of morpholine rings is 1. The van der Waals surface area contributed by atoms with Crippen LogP contribution in [0.3, 0.4) is 0 Å². The molecule has 1 aromatic carbocycles. The maximum atomic E-state index is 12.8. The van der Waals surface area contributed by atoms with E-state index in [4.69, 9.17) is 9.47 Å². The summed E-state index contributed by atoms with van der Waals surface area (Å²) in [5.41, 5.74) is 1.49. The predicted octanol–water partition coefficient (Wildman–Crippen LogP) is 1.08. The van der Waals surface area contributed by atoms with E-state index in [0.717, 1.165) is 56.9 Å². The molecule has 1 aliphatic carbocycles. The molecule has 30 heavy (non-hydrogen) atoms. The number of nitrogens with zero attached hydrogens (tertiary/aromatic N) is 2. The summed E-state index contributed by atoms with van der Waals surface area (Å²) in [6, 6.07) is 5.42. The molecule has 5 rings (SSSR count). The predicted molar refractivity (Wildman–Crippen MR) is 107 cm³/mol. The van der Waals surface area contributed by atoms with Gasteiger partial charge in [-0.3, -0.25) is 24.6 Å². The van der Waals surface area contributed by atoms with E-state index in [1.165, 1.54) is 0 Å². The molecule has 1 saturated carbocycles. The number of rotatable bonds is 4. The Balaban J connectivity index is 1.28. The average Bonchev–Trinajstić information content (AvgIpc) is 3.33. The van der Waals surface area contributed by atoms with Gasteiger partial charge < -0.3 is 14.4 Å². The highest BCUT2D eigenvalue weighted by Gasteiger charge is 2.39. The third-order valence-electron chi connectivity index (χ3n) is 6.71. The number of hydrogen-bond donors (Lipinski definition) is 1. The first kappa shape index (κ1) is 19.5. The lowest BCUT2D eigenvalue weighted by atomic mass is 10.0. The van der Waals surface area contributed by atoms with E-state index < -0.39 is 6.04 Å². The Hall–Kier alpha value is -2.45. The Morgan fingerprint density at radius 1 is 1.07 bits per heavy atom. The summed E-state index contributed by atoms with van der Waals surface area (Å²) < 4.78 is 11.9. The Labute approximate surface area is 175 Å². The van der Waals surface area contributed by atoms with Gasteiger partial charge in [0.2, 0.25) is 11.8 Å². The quantitative estimate of drug-likeness (QED) is 0.744. The molecular weight excluding hydrogens is 386 g/mol. The number of fused-ring (bicyclic) bond motifs is 1. The van der Waals surface area contributed by atoms with Crippen LogP contribution in [0.15, 0.2) is 18.2 Å². The number of imide groups is 1. The fourth-order valence-corrected chi connectivity index (χ4v) is 5.17. The third kappa shape index (κ3) is 3.58. The molecule has 0 bridgehead atoms. The van der Waals surface area contributed by atoms with Crippen LogP contribution in [0.5, 0.6) is 5.75 Å². The van der Waals surface area contributed by atoms with Crippen molar-refractivity contribution in [1.82, 2.24) is 15.1 Å². The average molecular weight is 413 g/mol. The number of nitrogens with one attached hydrogen (secondary N) is 1. The standard InChI is InChI=1S/C22H27N3O5/c26-20-7-6-18(21(27)23-20)25-13-14-12-15(4-5-16(14)22(25)28)30-19-3-1-2-17(19)24-8-10-29-11-9-24/h4-5,12,17-19H,1-3,6-11,13H2,(H,23,26,27). The second-order valence-corrected chi connectivity index (χ2v) is 8.52. The minimum Gasteiger partial charge on any atom is -0.489 e. The lowest BCUT2D eigenvalue weighted by molar-refractivity contribution is -0.136. The maximum Gasteiger partial charge on any atom is 0.255 e. The first-order valence-corrected chi connectivity index (χ1v) is 10.9. The Morgan fingerprint density at radius 2 is 1.90 bits per heavy atom. The van der Waals surface area contributed by atoms with Crippen LogP contribution in [0, 0.1) is 0 Å². The van der Waals surface area contributed by atoms with Gasteiger partial charge in [0.1, 0.15) is 17.9 Å². The second kappa shape index (κ2) is 8.00. The zero-order valence-corrected chi connectivity index (χ0v) is 17.0. The summed E-state index contributed by atoms with van der Waals surface area (Å²) in [6.45, 7) is 3.82. The summed E-state index contributed by atoms with van der Waals surface area (Å²) in [5.74, 6) is -0.0411. The van der Waals surface area contributed by atoms with Crippen molar-refractivity contribution in [2.24, 2.45) is 0 Å². The lowest BCUT2D eigenvalue weighted by Crippen LogP contribution is -2.52. The van der Waals surface area contributed by atoms with Crippen LogP contribution in [-0.4, -0.2) is 72.0 Å². The summed E-state index contributed by atoms with van der Waals surface area (Å²) in [6.07, 6.45) is 4.09. The minimum absolute atomic E-state index is 0.143. The van der Waals surface area contributed by atoms with Crippen LogP contribution >= 0.6 is 0 Å². The fraction of sp³-hybridized carbons (Fsp3) is 0.591. The van der Waals surface area contributed by atoms with Crippen LogP contribution in [-0.2, 0) is 20.9 Å². The Bertz CT molecular complexity index is 866. The van der Waals surface area contributed by atoms with Crippen molar-refractivity contribution >= 4 is 17.7 Å². The number of benzene rings is 1. The smallest absolute Gasteiger partial charge is 0.255 e. The number of ether oxygens (including phenoxy) is 2.